The summed E-state index contributed by atoms with van der Waals surface area (Å²) in [6.07, 6.45) is 1.30. The standard InChI is InChI=1S/C9H11NO2/c1-8-3-5(4-10)9(2,12-8)7-6(8)11-7/h5-7H,3H2,1-2H3/t5-,6+,7-,8-,9+/m1/s1. The summed E-state index contributed by atoms with van der Waals surface area (Å²) in [5, 5.41) is 8.92. The number of nitrogens with zero attached hydrogens (tertiary/aromatic N) is 1. The van der Waals surface area contributed by atoms with Crippen molar-refractivity contribution >= 4 is 0 Å². The van der Waals surface area contributed by atoms with Crippen LogP contribution in [-0.2, 0) is 9.47 Å². The summed E-state index contributed by atoms with van der Waals surface area (Å²) in [6, 6.07) is 2.31. The third-order valence-corrected chi connectivity index (χ3v) is 3.57. The quantitative estimate of drug-likeness (QED) is 0.500. The van der Waals surface area contributed by atoms with Gasteiger partial charge in [0.25, 0.3) is 0 Å². The van der Waals surface area contributed by atoms with E-state index in [0.29, 0.717) is 0 Å². The van der Waals surface area contributed by atoms with Gasteiger partial charge in [-0.25, -0.2) is 0 Å². The third kappa shape index (κ3) is 0.502. The topological polar surface area (TPSA) is 45.5 Å². The zero-order valence-corrected chi connectivity index (χ0v) is 7.20. The van der Waals surface area contributed by atoms with Crippen LogP contribution in [0, 0.1) is 17.2 Å². The lowest BCUT2D eigenvalue weighted by Crippen LogP contribution is -2.36. The first-order valence-corrected chi connectivity index (χ1v) is 4.35. The van der Waals surface area contributed by atoms with Gasteiger partial charge in [-0.05, 0) is 20.3 Å². The normalized spacial score (nSPS) is 65.9. The summed E-state index contributed by atoms with van der Waals surface area (Å²) in [7, 11) is 0. The predicted octanol–water partition coefficient (Wildman–Crippen LogP) is 0.845. The van der Waals surface area contributed by atoms with Crippen LogP contribution in [0.4, 0.5) is 0 Å². The fourth-order valence-electron chi connectivity index (χ4n) is 2.84. The highest BCUT2D eigenvalue weighted by Crippen LogP contribution is 2.62. The van der Waals surface area contributed by atoms with E-state index in [1.807, 2.05) is 6.92 Å². The van der Waals surface area contributed by atoms with Crippen LogP contribution in [-0.4, -0.2) is 23.4 Å². The first kappa shape index (κ1) is 6.88. The number of rotatable bonds is 0. The zero-order valence-electron chi connectivity index (χ0n) is 7.20. The minimum atomic E-state index is -0.311. The van der Waals surface area contributed by atoms with Crippen molar-refractivity contribution in [2.75, 3.05) is 0 Å². The first-order chi connectivity index (χ1) is 5.60. The lowest BCUT2D eigenvalue weighted by molar-refractivity contribution is -0.0992. The van der Waals surface area contributed by atoms with E-state index in [1.54, 1.807) is 0 Å². The Morgan fingerprint density at radius 3 is 2.67 bits per heavy atom. The molecule has 0 N–H and O–H groups in total. The molecule has 0 aromatic rings. The molecule has 3 fully saturated rings. The molecule has 3 aliphatic heterocycles. The molecule has 0 aromatic carbocycles. The molecule has 3 heterocycles. The van der Waals surface area contributed by atoms with Crippen LogP contribution in [0.25, 0.3) is 0 Å². The summed E-state index contributed by atoms with van der Waals surface area (Å²) >= 11 is 0. The van der Waals surface area contributed by atoms with Gasteiger partial charge in [-0.2, -0.15) is 5.26 Å². The first-order valence-electron chi connectivity index (χ1n) is 4.35. The minimum absolute atomic E-state index is 0.0197. The fourth-order valence-corrected chi connectivity index (χ4v) is 2.84. The highest BCUT2D eigenvalue weighted by atomic mass is 16.7. The Balaban J connectivity index is 2.06. The Bertz CT molecular complexity index is 297. The van der Waals surface area contributed by atoms with E-state index in [0.717, 1.165) is 6.42 Å². The monoisotopic (exact) mass is 165 g/mol. The van der Waals surface area contributed by atoms with E-state index in [4.69, 9.17) is 14.7 Å². The second kappa shape index (κ2) is 1.55. The molecule has 0 aromatic heterocycles. The van der Waals surface area contributed by atoms with Crippen molar-refractivity contribution in [2.45, 2.75) is 43.7 Å². The Morgan fingerprint density at radius 2 is 2.17 bits per heavy atom. The molecule has 12 heavy (non-hydrogen) atoms. The second-order valence-electron chi connectivity index (χ2n) is 4.46. The minimum Gasteiger partial charge on any atom is -0.363 e. The molecular formula is C9H11NO2. The van der Waals surface area contributed by atoms with Gasteiger partial charge >= 0.3 is 0 Å². The third-order valence-electron chi connectivity index (χ3n) is 3.57. The number of hydrogen-bond donors (Lipinski definition) is 0. The van der Waals surface area contributed by atoms with Gasteiger partial charge in [-0.15, -0.1) is 0 Å². The van der Waals surface area contributed by atoms with E-state index in [2.05, 4.69) is 13.0 Å². The number of epoxide rings is 1. The van der Waals surface area contributed by atoms with Crippen LogP contribution < -0.4 is 0 Å². The molecule has 3 rings (SSSR count). The maximum absolute atomic E-state index is 8.92. The molecule has 5 atom stereocenters. The maximum atomic E-state index is 8.92. The Hall–Kier alpha value is -0.590. The molecule has 3 heteroatoms. The Morgan fingerprint density at radius 1 is 1.42 bits per heavy atom. The molecular weight excluding hydrogens is 154 g/mol. The van der Waals surface area contributed by atoms with Crippen molar-refractivity contribution in [3.63, 3.8) is 0 Å². The van der Waals surface area contributed by atoms with Gasteiger partial charge in [-0.3, -0.25) is 0 Å². The molecule has 64 valence electrons. The molecule has 0 saturated carbocycles. The number of ether oxygens (including phenoxy) is 2. The van der Waals surface area contributed by atoms with Crippen molar-refractivity contribution in [3.8, 4) is 6.07 Å². The summed E-state index contributed by atoms with van der Waals surface area (Å²) in [5.74, 6) is 0.0197. The molecule has 0 radical (unpaired) electrons. The smallest absolute Gasteiger partial charge is 0.117 e. The van der Waals surface area contributed by atoms with Gasteiger partial charge < -0.3 is 9.47 Å². The number of hydrogen-bond acceptors (Lipinski definition) is 3. The van der Waals surface area contributed by atoms with E-state index in [-0.39, 0.29) is 29.3 Å². The molecule has 0 amide bonds. The summed E-state index contributed by atoms with van der Waals surface area (Å²) in [6.45, 7) is 4.06. The number of fused-ring (bicyclic) bond motifs is 5. The van der Waals surface area contributed by atoms with Gasteiger partial charge in [0.15, 0.2) is 0 Å². The molecule has 3 saturated heterocycles. The Labute approximate surface area is 71.3 Å². The average molecular weight is 165 g/mol. The highest BCUT2D eigenvalue weighted by molar-refractivity contribution is 5.27. The van der Waals surface area contributed by atoms with Gasteiger partial charge in [0.1, 0.15) is 17.8 Å². The summed E-state index contributed by atoms with van der Waals surface area (Å²) < 4.78 is 11.4. The van der Waals surface area contributed by atoms with E-state index in [1.165, 1.54) is 0 Å². The fraction of sp³-hybridized carbons (Fsp3) is 0.889. The van der Waals surface area contributed by atoms with Crippen molar-refractivity contribution < 1.29 is 9.47 Å². The van der Waals surface area contributed by atoms with E-state index < -0.39 is 0 Å². The van der Waals surface area contributed by atoms with Crippen LogP contribution in [0.3, 0.4) is 0 Å². The summed E-state index contributed by atoms with van der Waals surface area (Å²) in [5.41, 5.74) is -0.478. The van der Waals surface area contributed by atoms with Gasteiger partial charge in [-0.1, -0.05) is 0 Å². The van der Waals surface area contributed by atoms with Gasteiger partial charge in [0, 0.05) is 0 Å². The van der Waals surface area contributed by atoms with E-state index >= 15 is 0 Å². The highest BCUT2D eigenvalue weighted by Gasteiger charge is 2.77. The van der Waals surface area contributed by atoms with Crippen molar-refractivity contribution in [1.29, 1.82) is 5.26 Å². The zero-order chi connectivity index (χ0) is 8.56. The lowest BCUT2D eigenvalue weighted by atomic mass is 9.76. The molecule has 0 unspecified atom stereocenters. The summed E-state index contributed by atoms with van der Waals surface area (Å²) in [4.78, 5) is 0. The SMILES string of the molecule is C[C@]12O[C@](C)(C[C@@H]1C#N)[C@H]1O[C@H]12. The van der Waals surface area contributed by atoms with Crippen LogP contribution in [0.15, 0.2) is 0 Å². The number of nitriles is 1. The van der Waals surface area contributed by atoms with Crippen LogP contribution in [0.2, 0.25) is 0 Å². The van der Waals surface area contributed by atoms with Gasteiger partial charge in [0.05, 0.1) is 17.6 Å². The molecule has 0 spiro atoms. The molecule has 0 aliphatic carbocycles. The maximum Gasteiger partial charge on any atom is 0.117 e. The van der Waals surface area contributed by atoms with Crippen molar-refractivity contribution in [1.82, 2.24) is 0 Å². The molecule has 2 bridgehead atoms. The average Bonchev–Trinajstić information content (AvgIpc) is 2.71. The van der Waals surface area contributed by atoms with Gasteiger partial charge in [0.2, 0.25) is 0 Å². The van der Waals surface area contributed by atoms with E-state index in [9.17, 15) is 0 Å². The van der Waals surface area contributed by atoms with Crippen LogP contribution >= 0.6 is 0 Å². The van der Waals surface area contributed by atoms with Crippen molar-refractivity contribution in [2.24, 2.45) is 5.92 Å². The largest absolute Gasteiger partial charge is 0.363 e. The van der Waals surface area contributed by atoms with Crippen LogP contribution in [0.1, 0.15) is 20.3 Å². The molecule has 3 nitrogen and oxygen atoms in total. The lowest BCUT2D eigenvalue weighted by Gasteiger charge is -2.22. The predicted molar refractivity (Wildman–Crippen MR) is 40.3 cm³/mol. The second-order valence-corrected chi connectivity index (χ2v) is 4.46. The van der Waals surface area contributed by atoms with Crippen LogP contribution in [0.5, 0.6) is 0 Å². The molecule has 3 aliphatic rings. The Kier molecular flexibility index (Phi) is 0.886. The van der Waals surface area contributed by atoms with Crippen molar-refractivity contribution in [3.05, 3.63) is 0 Å².